The van der Waals surface area contributed by atoms with Gasteiger partial charge in [-0.3, -0.25) is 9.57 Å². The molecule has 0 amide bonds. The van der Waals surface area contributed by atoms with Crippen LogP contribution in [-0.4, -0.2) is 27.3 Å². The van der Waals surface area contributed by atoms with Gasteiger partial charge in [0.05, 0.1) is 0 Å². The Bertz CT molecular complexity index is 340. The summed E-state index contributed by atoms with van der Waals surface area (Å²) in [6.45, 7) is 5.48. The standard InChI is InChI=1S/C10H19NO3S/c1-10(2,3)14-9(12)6-8-4-5-15(11,13)7-8/h8,11H,4-7H2,1-3H3/t8-,15?/m0/s1. The molecule has 0 aromatic heterocycles. The van der Waals surface area contributed by atoms with Gasteiger partial charge in [0.15, 0.2) is 0 Å². The van der Waals surface area contributed by atoms with Crippen molar-refractivity contribution in [3.05, 3.63) is 0 Å². The predicted molar refractivity (Wildman–Crippen MR) is 59.2 cm³/mol. The van der Waals surface area contributed by atoms with Crippen molar-refractivity contribution >= 4 is 15.7 Å². The summed E-state index contributed by atoms with van der Waals surface area (Å²) in [6, 6.07) is 0. The van der Waals surface area contributed by atoms with Crippen LogP contribution in [0, 0.1) is 10.7 Å². The van der Waals surface area contributed by atoms with Crippen LogP contribution < -0.4 is 0 Å². The van der Waals surface area contributed by atoms with Crippen molar-refractivity contribution in [3.63, 3.8) is 0 Å². The van der Waals surface area contributed by atoms with Gasteiger partial charge in [0.2, 0.25) is 0 Å². The SMILES string of the molecule is CC(C)(C)OC(=O)C[C@@H]1CCS(=N)(=O)C1. The van der Waals surface area contributed by atoms with Crippen LogP contribution in [0.2, 0.25) is 0 Å². The Morgan fingerprint density at radius 1 is 1.53 bits per heavy atom. The molecule has 1 fully saturated rings. The average molecular weight is 233 g/mol. The highest BCUT2D eigenvalue weighted by Gasteiger charge is 2.28. The van der Waals surface area contributed by atoms with Crippen LogP contribution in [0.3, 0.4) is 0 Å². The van der Waals surface area contributed by atoms with E-state index in [9.17, 15) is 9.00 Å². The number of ether oxygens (including phenoxy) is 1. The maximum atomic E-state index is 11.4. The molecule has 1 rings (SSSR count). The van der Waals surface area contributed by atoms with E-state index in [0.29, 0.717) is 24.3 Å². The van der Waals surface area contributed by atoms with Gasteiger partial charge < -0.3 is 4.74 Å². The second-order valence-corrected chi connectivity index (χ2v) is 7.49. The summed E-state index contributed by atoms with van der Waals surface area (Å²) in [5, 5.41) is 0. The van der Waals surface area contributed by atoms with E-state index >= 15 is 0 Å². The first-order chi connectivity index (χ1) is 6.68. The second kappa shape index (κ2) is 4.12. The van der Waals surface area contributed by atoms with E-state index in [1.54, 1.807) is 0 Å². The zero-order chi connectivity index (χ0) is 11.7. The van der Waals surface area contributed by atoms with E-state index in [2.05, 4.69) is 0 Å². The van der Waals surface area contributed by atoms with Gasteiger partial charge in [-0.1, -0.05) is 0 Å². The molecule has 5 heteroatoms. The largest absolute Gasteiger partial charge is 0.460 e. The van der Waals surface area contributed by atoms with Crippen LogP contribution in [0.15, 0.2) is 0 Å². The molecule has 1 N–H and O–H groups in total. The molecule has 0 radical (unpaired) electrons. The fourth-order valence-corrected chi connectivity index (χ4v) is 3.61. The third-order valence-corrected chi connectivity index (χ3v) is 4.14. The van der Waals surface area contributed by atoms with Gasteiger partial charge in [-0.15, -0.1) is 0 Å². The molecule has 0 spiro atoms. The molecule has 1 saturated heterocycles. The van der Waals surface area contributed by atoms with Crippen molar-refractivity contribution in [3.8, 4) is 0 Å². The number of rotatable bonds is 2. The Labute approximate surface area is 91.4 Å². The van der Waals surface area contributed by atoms with Crippen molar-refractivity contribution in [2.45, 2.75) is 39.2 Å². The van der Waals surface area contributed by atoms with Crippen LogP contribution in [0.1, 0.15) is 33.6 Å². The van der Waals surface area contributed by atoms with E-state index in [4.69, 9.17) is 9.52 Å². The normalized spacial score (nSPS) is 31.5. The summed E-state index contributed by atoms with van der Waals surface area (Å²) in [4.78, 5) is 11.4. The molecule has 1 unspecified atom stereocenters. The molecule has 0 aromatic rings. The van der Waals surface area contributed by atoms with Gasteiger partial charge in [0.25, 0.3) is 0 Å². The first-order valence-electron chi connectivity index (χ1n) is 5.14. The van der Waals surface area contributed by atoms with E-state index in [-0.39, 0.29) is 11.9 Å². The van der Waals surface area contributed by atoms with Crippen LogP contribution in [0.5, 0.6) is 0 Å². The molecule has 1 aliphatic heterocycles. The summed E-state index contributed by atoms with van der Waals surface area (Å²) < 4.78 is 24.0. The Morgan fingerprint density at radius 2 is 2.13 bits per heavy atom. The zero-order valence-electron chi connectivity index (χ0n) is 9.54. The molecular formula is C10H19NO3S. The van der Waals surface area contributed by atoms with Crippen LogP contribution in [0.25, 0.3) is 0 Å². The van der Waals surface area contributed by atoms with Crippen molar-refractivity contribution in [1.29, 1.82) is 4.78 Å². The Kier molecular flexibility index (Phi) is 3.43. The van der Waals surface area contributed by atoms with Gasteiger partial charge in [-0.05, 0) is 33.1 Å². The molecule has 0 aliphatic carbocycles. The first-order valence-corrected chi connectivity index (χ1v) is 7.04. The maximum Gasteiger partial charge on any atom is 0.306 e. The number of nitrogens with one attached hydrogen (secondary N) is 1. The molecule has 1 aliphatic rings. The number of hydrogen-bond donors (Lipinski definition) is 1. The van der Waals surface area contributed by atoms with Crippen molar-refractivity contribution in [2.75, 3.05) is 11.5 Å². The molecular weight excluding hydrogens is 214 g/mol. The molecule has 0 aromatic carbocycles. The van der Waals surface area contributed by atoms with E-state index < -0.39 is 15.3 Å². The lowest BCUT2D eigenvalue weighted by Crippen LogP contribution is -2.25. The van der Waals surface area contributed by atoms with Gasteiger partial charge in [-0.2, -0.15) is 0 Å². The Hall–Kier alpha value is -0.580. The van der Waals surface area contributed by atoms with E-state index in [1.807, 2.05) is 20.8 Å². The van der Waals surface area contributed by atoms with Crippen molar-refractivity contribution in [2.24, 2.45) is 5.92 Å². The molecule has 88 valence electrons. The summed E-state index contributed by atoms with van der Waals surface area (Å²) in [6.07, 6.45) is 1.01. The monoisotopic (exact) mass is 233 g/mol. The minimum atomic E-state index is -2.39. The van der Waals surface area contributed by atoms with Crippen LogP contribution in [-0.2, 0) is 19.3 Å². The third kappa shape index (κ3) is 4.64. The summed E-state index contributed by atoms with van der Waals surface area (Å²) in [7, 11) is -2.39. The summed E-state index contributed by atoms with van der Waals surface area (Å²) >= 11 is 0. The average Bonchev–Trinajstić information content (AvgIpc) is 2.25. The van der Waals surface area contributed by atoms with Crippen LogP contribution >= 0.6 is 0 Å². The minimum Gasteiger partial charge on any atom is -0.460 e. The molecule has 4 nitrogen and oxygen atoms in total. The minimum absolute atomic E-state index is 0.0739. The highest BCUT2D eigenvalue weighted by atomic mass is 32.2. The lowest BCUT2D eigenvalue weighted by molar-refractivity contribution is -0.155. The number of esters is 1. The van der Waals surface area contributed by atoms with Crippen molar-refractivity contribution in [1.82, 2.24) is 0 Å². The van der Waals surface area contributed by atoms with E-state index in [1.165, 1.54) is 0 Å². The fourth-order valence-electron chi connectivity index (χ4n) is 1.68. The lowest BCUT2D eigenvalue weighted by atomic mass is 10.1. The van der Waals surface area contributed by atoms with E-state index in [0.717, 1.165) is 0 Å². The zero-order valence-corrected chi connectivity index (χ0v) is 10.4. The van der Waals surface area contributed by atoms with Gasteiger partial charge >= 0.3 is 5.97 Å². The van der Waals surface area contributed by atoms with Crippen molar-refractivity contribution < 1.29 is 13.7 Å². The molecule has 2 atom stereocenters. The lowest BCUT2D eigenvalue weighted by Gasteiger charge is -2.20. The molecule has 1 heterocycles. The predicted octanol–water partition coefficient (Wildman–Crippen LogP) is 1.78. The smallest absolute Gasteiger partial charge is 0.306 e. The van der Waals surface area contributed by atoms with Crippen LogP contribution in [0.4, 0.5) is 0 Å². The number of hydrogen-bond acceptors (Lipinski definition) is 4. The number of carbonyl (C=O) groups is 1. The topological polar surface area (TPSA) is 67.2 Å². The quantitative estimate of drug-likeness (QED) is 0.739. The summed E-state index contributed by atoms with van der Waals surface area (Å²) in [5.74, 6) is 0.613. The van der Waals surface area contributed by atoms with Gasteiger partial charge in [-0.25, -0.2) is 4.21 Å². The number of carbonyl (C=O) groups excluding carboxylic acids is 1. The third-order valence-electron chi connectivity index (χ3n) is 2.24. The maximum absolute atomic E-state index is 11.4. The molecule has 15 heavy (non-hydrogen) atoms. The molecule has 0 bridgehead atoms. The second-order valence-electron chi connectivity index (χ2n) is 5.13. The highest BCUT2D eigenvalue weighted by Crippen LogP contribution is 2.23. The molecule has 0 saturated carbocycles. The Morgan fingerprint density at radius 3 is 2.53 bits per heavy atom. The fraction of sp³-hybridized carbons (Fsp3) is 0.900. The highest BCUT2D eigenvalue weighted by molar-refractivity contribution is 7.92. The Balaban J connectivity index is 2.41. The summed E-state index contributed by atoms with van der Waals surface area (Å²) in [5.41, 5.74) is -0.460. The van der Waals surface area contributed by atoms with Gasteiger partial charge in [0, 0.05) is 27.7 Å². The van der Waals surface area contributed by atoms with Gasteiger partial charge in [0.1, 0.15) is 5.60 Å². The first kappa shape index (κ1) is 12.5.